The van der Waals surface area contributed by atoms with Gasteiger partial charge in [0.05, 0.1) is 0 Å². The first-order valence-electron chi connectivity index (χ1n) is 6.22. The number of benzene rings is 1. The molecular weight excluding hydrogens is 233 g/mol. The Balaban J connectivity index is 2.40. The molecule has 0 amide bonds. The molecule has 2 unspecified atom stereocenters. The number of thioether (sulfide) groups is 1. The fourth-order valence-corrected chi connectivity index (χ4v) is 2.60. The molecule has 0 fully saturated rings. The van der Waals surface area contributed by atoms with Gasteiger partial charge in [0.25, 0.3) is 0 Å². The van der Waals surface area contributed by atoms with Crippen LogP contribution in [0.25, 0.3) is 0 Å². The molecule has 96 valence electrons. The quantitative estimate of drug-likeness (QED) is 0.739. The first-order valence-corrected chi connectivity index (χ1v) is 7.38. The van der Waals surface area contributed by atoms with E-state index in [0.717, 1.165) is 12.0 Å². The van der Waals surface area contributed by atoms with Crippen LogP contribution in [-0.2, 0) is 0 Å². The van der Waals surface area contributed by atoms with Gasteiger partial charge in [-0.3, -0.25) is 0 Å². The van der Waals surface area contributed by atoms with Crippen molar-refractivity contribution >= 4 is 11.8 Å². The molecule has 0 aliphatic carbocycles. The van der Waals surface area contributed by atoms with Crippen LogP contribution in [-0.4, -0.2) is 17.5 Å². The summed E-state index contributed by atoms with van der Waals surface area (Å²) in [4.78, 5) is 0. The molecule has 2 atom stereocenters. The van der Waals surface area contributed by atoms with Gasteiger partial charge in [0, 0.05) is 12.1 Å². The van der Waals surface area contributed by atoms with Gasteiger partial charge < -0.3 is 5.32 Å². The standard InChI is InChI=1S/C14H22FNS/c1-4-17-9-8-11(2)16-12(3)13-6-5-7-14(15)10-13/h5-7,10-12,16H,4,8-9H2,1-3H3. The Hall–Kier alpha value is -0.540. The molecule has 0 heterocycles. The largest absolute Gasteiger partial charge is 0.308 e. The third-order valence-corrected chi connectivity index (χ3v) is 3.72. The summed E-state index contributed by atoms with van der Waals surface area (Å²) in [5.74, 6) is 2.19. The molecule has 0 saturated carbocycles. The molecule has 0 aromatic heterocycles. The van der Waals surface area contributed by atoms with Gasteiger partial charge in [0.1, 0.15) is 5.82 Å². The Bertz CT molecular complexity index is 330. The minimum Gasteiger partial charge on any atom is -0.308 e. The summed E-state index contributed by atoms with van der Waals surface area (Å²) in [7, 11) is 0. The SMILES string of the molecule is CCSCCC(C)NC(C)c1cccc(F)c1. The highest BCUT2D eigenvalue weighted by Crippen LogP contribution is 2.15. The van der Waals surface area contributed by atoms with Crippen LogP contribution in [0.5, 0.6) is 0 Å². The predicted molar refractivity (Wildman–Crippen MR) is 75.0 cm³/mol. The minimum absolute atomic E-state index is 0.162. The molecule has 0 bridgehead atoms. The van der Waals surface area contributed by atoms with Crippen LogP contribution in [0.4, 0.5) is 4.39 Å². The van der Waals surface area contributed by atoms with Crippen LogP contribution in [0, 0.1) is 5.82 Å². The average Bonchev–Trinajstić information content (AvgIpc) is 2.29. The van der Waals surface area contributed by atoms with Gasteiger partial charge >= 0.3 is 0 Å². The number of rotatable bonds is 7. The van der Waals surface area contributed by atoms with E-state index in [1.807, 2.05) is 17.8 Å². The normalized spacial score (nSPS) is 14.6. The van der Waals surface area contributed by atoms with Gasteiger partial charge in [-0.05, 0) is 49.5 Å². The second-order valence-electron chi connectivity index (χ2n) is 4.33. The van der Waals surface area contributed by atoms with Gasteiger partial charge in [0.15, 0.2) is 0 Å². The highest BCUT2D eigenvalue weighted by Gasteiger charge is 2.09. The Kier molecular flexibility index (Phi) is 6.60. The van der Waals surface area contributed by atoms with Crippen LogP contribution in [0.3, 0.4) is 0 Å². The molecule has 0 saturated heterocycles. The molecule has 0 aliphatic rings. The van der Waals surface area contributed by atoms with Gasteiger partial charge in [-0.15, -0.1) is 0 Å². The van der Waals surface area contributed by atoms with E-state index in [9.17, 15) is 4.39 Å². The van der Waals surface area contributed by atoms with Crippen molar-refractivity contribution in [3.8, 4) is 0 Å². The second-order valence-corrected chi connectivity index (χ2v) is 5.72. The Morgan fingerprint density at radius 3 is 2.76 bits per heavy atom. The van der Waals surface area contributed by atoms with E-state index < -0.39 is 0 Å². The topological polar surface area (TPSA) is 12.0 Å². The van der Waals surface area contributed by atoms with Crippen molar-refractivity contribution in [2.45, 2.75) is 39.3 Å². The lowest BCUT2D eigenvalue weighted by atomic mass is 10.1. The van der Waals surface area contributed by atoms with Crippen molar-refractivity contribution in [1.29, 1.82) is 0 Å². The highest BCUT2D eigenvalue weighted by atomic mass is 32.2. The molecule has 3 heteroatoms. The molecular formula is C14H22FNS. The van der Waals surface area contributed by atoms with E-state index in [1.54, 1.807) is 12.1 Å². The molecule has 1 rings (SSSR count). The number of nitrogens with one attached hydrogen (secondary N) is 1. The van der Waals surface area contributed by atoms with Crippen LogP contribution in [0.15, 0.2) is 24.3 Å². The number of halogens is 1. The minimum atomic E-state index is -0.162. The maximum atomic E-state index is 13.1. The Labute approximate surface area is 108 Å². The van der Waals surface area contributed by atoms with E-state index in [1.165, 1.54) is 17.6 Å². The van der Waals surface area contributed by atoms with Gasteiger partial charge in [-0.2, -0.15) is 11.8 Å². The smallest absolute Gasteiger partial charge is 0.123 e. The zero-order valence-electron chi connectivity index (χ0n) is 10.9. The summed E-state index contributed by atoms with van der Waals surface area (Å²) in [5.41, 5.74) is 1.01. The van der Waals surface area contributed by atoms with Crippen molar-refractivity contribution in [2.24, 2.45) is 0 Å². The molecule has 17 heavy (non-hydrogen) atoms. The van der Waals surface area contributed by atoms with Gasteiger partial charge in [-0.1, -0.05) is 19.1 Å². The van der Waals surface area contributed by atoms with E-state index in [0.29, 0.717) is 6.04 Å². The Morgan fingerprint density at radius 2 is 2.12 bits per heavy atom. The third-order valence-electron chi connectivity index (χ3n) is 2.78. The summed E-state index contributed by atoms with van der Waals surface area (Å²) in [6, 6.07) is 7.48. The zero-order valence-corrected chi connectivity index (χ0v) is 11.7. The summed E-state index contributed by atoms with van der Waals surface area (Å²) in [5, 5.41) is 3.50. The zero-order chi connectivity index (χ0) is 12.7. The van der Waals surface area contributed by atoms with Crippen molar-refractivity contribution in [2.75, 3.05) is 11.5 Å². The second kappa shape index (κ2) is 7.72. The average molecular weight is 255 g/mol. The summed E-state index contributed by atoms with van der Waals surface area (Å²) >= 11 is 1.96. The van der Waals surface area contributed by atoms with Crippen LogP contribution in [0.1, 0.15) is 38.8 Å². The van der Waals surface area contributed by atoms with Crippen LogP contribution in [0.2, 0.25) is 0 Å². The van der Waals surface area contributed by atoms with Crippen LogP contribution < -0.4 is 5.32 Å². The van der Waals surface area contributed by atoms with E-state index >= 15 is 0 Å². The van der Waals surface area contributed by atoms with Gasteiger partial charge in [0.2, 0.25) is 0 Å². The number of hydrogen-bond donors (Lipinski definition) is 1. The lowest BCUT2D eigenvalue weighted by molar-refractivity contribution is 0.469. The molecule has 0 aliphatic heterocycles. The summed E-state index contributed by atoms with van der Waals surface area (Å²) in [6.07, 6.45) is 1.15. The van der Waals surface area contributed by atoms with Crippen LogP contribution >= 0.6 is 11.8 Å². The molecule has 0 radical (unpaired) electrons. The van der Waals surface area contributed by atoms with E-state index in [4.69, 9.17) is 0 Å². The summed E-state index contributed by atoms with van der Waals surface area (Å²) < 4.78 is 13.1. The van der Waals surface area contributed by atoms with Crippen molar-refractivity contribution in [3.63, 3.8) is 0 Å². The monoisotopic (exact) mass is 255 g/mol. The molecule has 0 spiro atoms. The van der Waals surface area contributed by atoms with E-state index in [-0.39, 0.29) is 11.9 Å². The Morgan fingerprint density at radius 1 is 1.35 bits per heavy atom. The third kappa shape index (κ3) is 5.55. The fourth-order valence-electron chi connectivity index (χ4n) is 1.79. The fraction of sp³-hybridized carbons (Fsp3) is 0.571. The number of hydrogen-bond acceptors (Lipinski definition) is 2. The maximum absolute atomic E-state index is 13.1. The first-order chi connectivity index (χ1) is 8.13. The predicted octanol–water partition coefficient (Wildman–Crippen LogP) is 4.01. The lowest BCUT2D eigenvalue weighted by Crippen LogP contribution is -2.29. The maximum Gasteiger partial charge on any atom is 0.123 e. The molecule has 1 aromatic carbocycles. The van der Waals surface area contributed by atoms with Crippen molar-refractivity contribution in [1.82, 2.24) is 5.32 Å². The van der Waals surface area contributed by atoms with Crippen molar-refractivity contribution in [3.05, 3.63) is 35.6 Å². The molecule has 1 aromatic rings. The molecule has 1 N–H and O–H groups in total. The van der Waals surface area contributed by atoms with Gasteiger partial charge in [-0.25, -0.2) is 4.39 Å². The first kappa shape index (κ1) is 14.5. The summed E-state index contributed by atoms with van der Waals surface area (Å²) in [6.45, 7) is 6.45. The molecule has 1 nitrogen and oxygen atoms in total. The highest BCUT2D eigenvalue weighted by molar-refractivity contribution is 7.99. The lowest BCUT2D eigenvalue weighted by Gasteiger charge is -2.20. The van der Waals surface area contributed by atoms with E-state index in [2.05, 4.69) is 26.1 Å². The van der Waals surface area contributed by atoms with Crippen molar-refractivity contribution < 1.29 is 4.39 Å².